The topological polar surface area (TPSA) is 70.5 Å². The van der Waals surface area contributed by atoms with Crippen LogP contribution in [0.3, 0.4) is 0 Å². The van der Waals surface area contributed by atoms with Crippen molar-refractivity contribution in [3.63, 3.8) is 0 Å². The maximum atomic E-state index is 9.58. The van der Waals surface area contributed by atoms with Crippen molar-refractivity contribution in [2.45, 2.75) is 6.10 Å². The first kappa shape index (κ1) is 12.7. The molecule has 0 fully saturated rings. The molecule has 0 aliphatic heterocycles. The summed E-state index contributed by atoms with van der Waals surface area (Å²) in [6, 6.07) is 1.82. The molecule has 0 radical (unpaired) electrons. The Balaban J connectivity index is 2.61. The van der Waals surface area contributed by atoms with Crippen molar-refractivity contribution in [2.24, 2.45) is 0 Å². The van der Waals surface area contributed by atoms with Crippen LogP contribution in [0.2, 0.25) is 0 Å². The lowest BCUT2D eigenvalue weighted by atomic mass is 10.3. The Kier molecular flexibility index (Phi) is 4.94. The zero-order valence-electron chi connectivity index (χ0n) is 9.84. The lowest BCUT2D eigenvalue weighted by Crippen LogP contribution is -2.32. The second kappa shape index (κ2) is 6.24. The highest BCUT2D eigenvalue weighted by Crippen LogP contribution is 2.12. The van der Waals surface area contributed by atoms with Gasteiger partial charge in [0.05, 0.1) is 12.7 Å². The quantitative estimate of drug-likeness (QED) is 0.709. The van der Waals surface area contributed by atoms with E-state index in [1.165, 1.54) is 6.33 Å². The van der Waals surface area contributed by atoms with Crippen LogP contribution in [0.1, 0.15) is 0 Å². The van der Waals surface area contributed by atoms with E-state index < -0.39 is 6.10 Å². The van der Waals surface area contributed by atoms with Crippen molar-refractivity contribution in [3.05, 3.63) is 12.4 Å². The second-order valence-corrected chi connectivity index (χ2v) is 3.50. The van der Waals surface area contributed by atoms with Crippen LogP contribution in [-0.4, -0.2) is 55.5 Å². The zero-order valence-corrected chi connectivity index (χ0v) is 9.84. The Morgan fingerprint density at radius 1 is 1.56 bits per heavy atom. The number of likely N-dealkylation sites (N-methyl/N-ethyl adjacent to an activating group) is 1. The van der Waals surface area contributed by atoms with E-state index in [9.17, 15) is 5.11 Å². The van der Waals surface area contributed by atoms with Crippen LogP contribution in [0.5, 0.6) is 0 Å². The number of aromatic nitrogens is 2. The summed E-state index contributed by atoms with van der Waals surface area (Å²) in [6.07, 6.45) is 0.961. The molecule has 6 heteroatoms. The average molecular weight is 226 g/mol. The lowest BCUT2D eigenvalue weighted by molar-refractivity contribution is 0.0694. The molecule has 0 aliphatic rings. The molecule has 1 aromatic rings. The molecule has 16 heavy (non-hydrogen) atoms. The van der Waals surface area contributed by atoms with E-state index in [0.717, 1.165) is 11.6 Å². The minimum atomic E-state index is -0.525. The van der Waals surface area contributed by atoms with Crippen LogP contribution in [0, 0.1) is 0 Å². The minimum absolute atomic E-state index is 0.314. The molecule has 2 N–H and O–H groups in total. The fourth-order valence-electron chi connectivity index (χ4n) is 1.35. The number of nitrogens with zero attached hydrogens (tertiary/aromatic N) is 3. The number of aliphatic hydroxyl groups is 1. The predicted molar refractivity (Wildman–Crippen MR) is 62.7 cm³/mol. The third-order valence-electron chi connectivity index (χ3n) is 2.14. The Labute approximate surface area is 95.3 Å². The molecule has 90 valence electrons. The van der Waals surface area contributed by atoms with Gasteiger partial charge in [0.25, 0.3) is 0 Å². The van der Waals surface area contributed by atoms with E-state index in [2.05, 4.69) is 15.3 Å². The summed E-state index contributed by atoms with van der Waals surface area (Å²) in [5.41, 5.74) is 0. The molecule has 1 rings (SSSR count). The average Bonchev–Trinajstić information content (AvgIpc) is 2.29. The standard InChI is InChI=1S/C10H18N4O2/c1-11-9-4-10(13-7-12-9)14(2)5-8(15)6-16-3/h4,7-8,15H,5-6H2,1-3H3,(H,11,12,13). The largest absolute Gasteiger partial charge is 0.389 e. The molecule has 0 bridgehead atoms. The van der Waals surface area contributed by atoms with Crippen LogP contribution in [0.25, 0.3) is 0 Å². The molecule has 0 saturated carbocycles. The number of hydrogen-bond donors (Lipinski definition) is 2. The van der Waals surface area contributed by atoms with Crippen LogP contribution in [0.4, 0.5) is 11.6 Å². The zero-order chi connectivity index (χ0) is 12.0. The summed E-state index contributed by atoms with van der Waals surface area (Å²) in [5, 5.41) is 12.5. The number of anilines is 2. The molecule has 1 heterocycles. The van der Waals surface area contributed by atoms with E-state index in [0.29, 0.717) is 13.2 Å². The summed E-state index contributed by atoms with van der Waals surface area (Å²) in [5.74, 6) is 1.51. The van der Waals surface area contributed by atoms with Crippen molar-refractivity contribution in [3.8, 4) is 0 Å². The van der Waals surface area contributed by atoms with Crippen LogP contribution in [-0.2, 0) is 4.74 Å². The van der Waals surface area contributed by atoms with Gasteiger partial charge in [-0.2, -0.15) is 0 Å². The SMILES string of the molecule is CNc1cc(N(C)CC(O)COC)ncn1. The number of nitrogens with one attached hydrogen (secondary N) is 1. The van der Waals surface area contributed by atoms with Crippen molar-refractivity contribution in [1.82, 2.24) is 9.97 Å². The summed E-state index contributed by atoms with van der Waals surface area (Å²) >= 11 is 0. The van der Waals surface area contributed by atoms with Gasteiger partial charge in [0.1, 0.15) is 18.0 Å². The van der Waals surface area contributed by atoms with E-state index in [1.54, 1.807) is 14.2 Å². The highest BCUT2D eigenvalue weighted by atomic mass is 16.5. The third-order valence-corrected chi connectivity index (χ3v) is 2.14. The summed E-state index contributed by atoms with van der Waals surface area (Å²) < 4.78 is 4.86. The van der Waals surface area contributed by atoms with E-state index >= 15 is 0 Å². The molecule has 0 aliphatic carbocycles. The number of aliphatic hydroxyl groups excluding tert-OH is 1. The van der Waals surface area contributed by atoms with E-state index in [4.69, 9.17) is 4.74 Å². The van der Waals surface area contributed by atoms with Gasteiger partial charge in [-0.3, -0.25) is 0 Å². The van der Waals surface area contributed by atoms with Gasteiger partial charge in [-0.05, 0) is 0 Å². The Morgan fingerprint density at radius 2 is 2.31 bits per heavy atom. The molecular weight excluding hydrogens is 208 g/mol. The van der Waals surface area contributed by atoms with Gasteiger partial charge in [-0.15, -0.1) is 0 Å². The second-order valence-electron chi connectivity index (χ2n) is 3.50. The van der Waals surface area contributed by atoms with Gasteiger partial charge in [-0.25, -0.2) is 9.97 Å². The lowest BCUT2D eigenvalue weighted by Gasteiger charge is -2.21. The van der Waals surface area contributed by atoms with Gasteiger partial charge in [-0.1, -0.05) is 0 Å². The number of hydrogen-bond acceptors (Lipinski definition) is 6. The molecule has 1 unspecified atom stereocenters. The minimum Gasteiger partial charge on any atom is -0.389 e. The highest BCUT2D eigenvalue weighted by molar-refractivity contribution is 5.47. The molecule has 0 spiro atoms. The summed E-state index contributed by atoms with van der Waals surface area (Å²) in [6.45, 7) is 0.780. The van der Waals surface area contributed by atoms with Gasteiger partial charge in [0, 0.05) is 33.8 Å². The van der Waals surface area contributed by atoms with E-state index in [-0.39, 0.29) is 0 Å². The van der Waals surface area contributed by atoms with Crippen molar-refractivity contribution in [1.29, 1.82) is 0 Å². The Hall–Kier alpha value is -1.40. The summed E-state index contributed by atoms with van der Waals surface area (Å²) in [7, 11) is 5.22. The fourth-order valence-corrected chi connectivity index (χ4v) is 1.35. The third kappa shape index (κ3) is 3.63. The Bertz CT molecular complexity index is 321. The number of methoxy groups -OCH3 is 1. The maximum absolute atomic E-state index is 9.58. The van der Waals surface area contributed by atoms with E-state index in [1.807, 2.05) is 18.0 Å². The van der Waals surface area contributed by atoms with Crippen LogP contribution >= 0.6 is 0 Å². The van der Waals surface area contributed by atoms with Crippen LogP contribution in [0.15, 0.2) is 12.4 Å². The summed E-state index contributed by atoms with van der Waals surface area (Å²) in [4.78, 5) is 10.00. The first-order valence-corrected chi connectivity index (χ1v) is 5.05. The van der Waals surface area contributed by atoms with Gasteiger partial charge < -0.3 is 20.1 Å². The highest BCUT2D eigenvalue weighted by Gasteiger charge is 2.09. The Morgan fingerprint density at radius 3 is 2.94 bits per heavy atom. The van der Waals surface area contributed by atoms with Gasteiger partial charge in [0.15, 0.2) is 0 Å². The molecule has 1 atom stereocenters. The first-order valence-electron chi connectivity index (χ1n) is 5.05. The van der Waals surface area contributed by atoms with Crippen LogP contribution < -0.4 is 10.2 Å². The van der Waals surface area contributed by atoms with Gasteiger partial charge >= 0.3 is 0 Å². The molecular formula is C10H18N4O2. The first-order chi connectivity index (χ1) is 7.67. The maximum Gasteiger partial charge on any atom is 0.133 e. The number of rotatable bonds is 6. The monoisotopic (exact) mass is 226 g/mol. The molecule has 1 aromatic heterocycles. The van der Waals surface area contributed by atoms with Gasteiger partial charge in [0.2, 0.25) is 0 Å². The fraction of sp³-hybridized carbons (Fsp3) is 0.600. The smallest absolute Gasteiger partial charge is 0.133 e. The molecule has 0 aromatic carbocycles. The van der Waals surface area contributed by atoms with Crippen molar-refractivity contribution < 1.29 is 9.84 Å². The van der Waals surface area contributed by atoms with Crippen molar-refractivity contribution >= 4 is 11.6 Å². The number of ether oxygens (including phenoxy) is 1. The van der Waals surface area contributed by atoms with Crippen molar-refractivity contribution in [2.75, 3.05) is 44.6 Å². The predicted octanol–water partition coefficient (Wildman–Crippen LogP) is -0.0382. The normalized spacial score (nSPS) is 12.2. The molecule has 0 amide bonds. The molecule has 0 saturated heterocycles. The molecule has 6 nitrogen and oxygen atoms in total.